The molecule has 0 heterocycles. The van der Waals surface area contributed by atoms with Gasteiger partial charge in [0, 0.05) is 17.8 Å². The first-order valence-corrected chi connectivity index (χ1v) is 7.19. The highest BCUT2D eigenvalue weighted by Gasteiger charge is 2.24. The van der Waals surface area contributed by atoms with Crippen LogP contribution >= 0.6 is 0 Å². The van der Waals surface area contributed by atoms with Crippen LogP contribution in [0.5, 0.6) is 5.75 Å². The molecule has 110 valence electrons. The number of amides is 1. The molecular formula is C15H23N3O2. The molecule has 0 aromatic heterocycles. The SMILES string of the molecule is CCOc1cc(N(CC(N)=O)C2CCCC2)ccc1N. The van der Waals surface area contributed by atoms with Crippen LogP contribution in [0.15, 0.2) is 18.2 Å². The summed E-state index contributed by atoms with van der Waals surface area (Å²) in [6.45, 7) is 2.72. The highest BCUT2D eigenvalue weighted by molar-refractivity contribution is 5.80. The Morgan fingerprint density at radius 1 is 1.40 bits per heavy atom. The van der Waals surface area contributed by atoms with Gasteiger partial charge in [0.2, 0.25) is 5.91 Å². The Bertz CT molecular complexity index is 470. The fourth-order valence-corrected chi connectivity index (χ4v) is 2.80. The van der Waals surface area contributed by atoms with E-state index >= 15 is 0 Å². The van der Waals surface area contributed by atoms with E-state index in [0.717, 1.165) is 18.5 Å². The molecule has 0 aliphatic heterocycles. The minimum atomic E-state index is -0.313. The molecule has 0 saturated heterocycles. The Kier molecular flexibility index (Phi) is 4.71. The third kappa shape index (κ3) is 3.35. The van der Waals surface area contributed by atoms with Crippen LogP contribution in [0.1, 0.15) is 32.6 Å². The summed E-state index contributed by atoms with van der Waals surface area (Å²) in [5.74, 6) is 0.351. The molecule has 1 aliphatic carbocycles. The van der Waals surface area contributed by atoms with E-state index in [1.165, 1.54) is 12.8 Å². The summed E-state index contributed by atoms with van der Waals surface area (Å²) < 4.78 is 5.53. The molecule has 5 heteroatoms. The molecule has 1 aliphatic rings. The lowest BCUT2D eigenvalue weighted by Gasteiger charge is -2.30. The second kappa shape index (κ2) is 6.50. The van der Waals surface area contributed by atoms with Gasteiger partial charge in [-0.15, -0.1) is 0 Å². The van der Waals surface area contributed by atoms with Crippen LogP contribution in [-0.4, -0.2) is 25.1 Å². The molecule has 0 atom stereocenters. The van der Waals surface area contributed by atoms with Crippen molar-refractivity contribution in [2.75, 3.05) is 23.8 Å². The molecule has 1 aromatic rings. The normalized spacial score (nSPS) is 15.2. The largest absolute Gasteiger partial charge is 0.492 e. The molecule has 4 N–H and O–H groups in total. The molecule has 1 saturated carbocycles. The Morgan fingerprint density at radius 2 is 2.10 bits per heavy atom. The van der Waals surface area contributed by atoms with E-state index in [9.17, 15) is 4.79 Å². The molecule has 5 nitrogen and oxygen atoms in total. The third-order valence-electron chi connectivity index (χ3n) is 3.72. The van der Waals surface area contributed by atoms with Gasteiger partial charge in [0.05, 0.1) is 18.8 Å². The molecular weight excluding hydrogens is 254 g/mol. The highest BCUT2D eigenvalue weighted by Crippen LogP contribution is 2.32. The first-order valence-electron chi connectivity index (χ1n) is 7.19. The smallest absolute Gasteiger partial charge is 0.236 e. The van der Waals surface area contributed by atoms with Crippen LogP contribution in [0, 0.1) is 0 Å². The molecule has 20 heavy (non-hydrogen) atoms. The molecule has 0 unspecified atom stereocenters. The van der Waals surface area contributed by atoms with Crippen molar-refractivity contribution in [3.05, 3.63) is 18.2 Å². The minimum absolute atomic E-state index is 0.236. The summed E-state index contributed by atoms with van der Waals surface area (Å²) in [7, 11) is 0. The molecule has 0 bridgehead atoms. The first kappa shape index (κ1) is 14.5. The highest BCUT2D eigenvalue weighted by atomic mass is 16.5. The maximum absolute atomic E-state index is 11.3. The fraction of sp³-hybridized carbons (Fsp3) is 0.533. The van der Waals surface area contributed by atoms with Crippen LogP contribution in [0.3, 0.4) is 0 Å². The topological polar surface area (TPSA) is 81.6 Å². The van der Waals surface area contributed by atoms with Crippen LogP contribution < -0.4 is 21.1 Å². The van der Waals surface area contributed by atoms with E-state index in [4.69, 9.17) is 16.2 Å². The van der Waals surface area contributed by atoms with E-state index < -0.39 is 0 Å². The van der Waals surface area contributed by atoms with Crippen molar-refractivity contribution >= 4 is 17.3 Å². The number of rotatable bonds is 6. The zero-order valence-corrected chi connectivity index (χ0v) is 12.0. The minimum Gasteiger partial charge on any atom is -0.492 e. The lowest BCUT2D eigenvalue weighted by atomic mass is 10.1. The molecule has 0 spiro atoms. The van der Waals surface area contributed by atoms with Crippen LogP contribution in [0.2, 0.25) is 0 Å². The van der Waals surface area contributed by atoms with E-state index in [1.54, 1.807) is 0 Å². The number of benzene rings is 1. The number of hydrogen-bond acceptors (Lipinski definition) is 4. The van der Waals surface area contributed by atoms with Crippen molar-refractivity contribution < 1.29 is 9.53 Å². The molecule has 1 amide bonds. The predicted molar refractivity (Wildman–Crippen MR) is 80.8 cm³/mol. The average molecular weight is 277 g/mol. The molecule has 1 aromatic carbocycles. The van der Waals surface area contributed by atoms with Gasteiger partial charge in [0.1, 0.15) is 5.75 Å². The summed E-state index contributed by atoms with van der Waals surface area (Å²) in [6.07, 6.45) is 4.60. The van der Waals surface area contributed by atoms with Crippen molar-refractivity contribution in [3.63, 3.8) is 0 Å². The molecule has 2 rings (SSSR count). The van der Waals surface area contributed by atoms with Gasteiger partial charge in [-0.25, -0.2) is 0 Å². The maximum atomic E-state index is 11.3. The van der Waals surface area contributed by atoms with Crippen molar-refractivity contribution in [2.45, 2.75) is 38.6 Å². The summed E-state index contributed by atoms with van der Waals surface area (Å²) in [5, 5.41) is 0. The number of nitrogen functional groups attached to an aromatic ring is 1. The predicted octanol–water partition coefficient (Wildman–Crippen LogP) is 1.90. The average Bonchev–Trinajstić information content (AvgIpc) is 2.92. The monoisotopic (exact) mass is 277 g/mol. The van der Waals surface area contributed by atoms with Gasteiger partial charge in [-0.05, 0) is 31.9 Å². The van der Waals surface area contributed by atoms with Crippen LogP contribution in [0.25, 0.3) is 0 Å². The maximum Gasteiger partial charge on any atom is 0.236 e. The standard InChI is InChI=1S/C15H23N3O2/c1-2-20-14-9-12(7-8-13(14)16)18(10-15(17)19)11-5-3-4-6-11/h7-9,11H,2-6,10,16H2,1H3,(H2,17,19). The van der Waals surface area contributed by atoms with Crippen molar-refractivity contribution in [1.29, 1.82) is 0 Å². The number of carbonyl (C=O) groups is 1. The van der Waals surface area contributed by atoms with Gasteiger partial charge in [0.25, 0.3) is 0 Å². The van der Waals surface area contributed by atoms with E-state index in [0.29, 0.717) is 24.1 Å². The Morgan fingerprint density at radius 3 is 2.70 bits per heavy atom. The zero-order chi connectivity index (χ0) is 14.5. The van der Waals surface area contributed by atoms with Gasteiger partial charge in [0.15, 0.2) is 0 Å². The summed E-state index contributed by atoms with van der Waals surface area (Å²) in [6, 6.07) is 6.03. The third-order valence-corrected chi connectivity index (χ3v) is 3.72. The van der Waals surface area contributed by atoms with E-state index in [1.807, 2.05) is 25.1 Å². The number of carbonyl (C=O) groups excluding carboxylic acids is 1. The van der Waals surface area contributed by atoms with E-state index in [2.05, 4.69) is 4.90 Å². The fourth-order valence-electron chi connectivity index (χ4n) is 2.80. The zero-order valence-electron chi connectivity index (χ0n) is 12.0. The number of nitrogens with two attached hydrogens (primary N) is 2. The summed E-state index contributed by atoms with van der Waals surface area (Å²) in [5.41, 5.74) is 12.8. The lowest BCUT2D eigenvalue weighted by Crippen LogP contribution is -2.40. The van der Waals surface area contributed by atoms with Gasteiger partial charge in [-0.1, -0.05) is 12.8 Å². The Hall–Kier alpha value is -1.91. The Labute approximate surface area is 119 Å². The van der Waals surface area contributed by atoms with Crippen LogP contribution in [-0.2, 0) is 4.79 Å². The number of primary amides is 1. The molecule has 1 fully saturated rings. The second-order valence-corrected chi connectivity index (χ2v) is 5.19. The number of ether oxygens (including phenoxy) is 1. The second-order valence-electron chi connectivity index (χ2n) is 5.19. The quantitative estimate of drug-likeness (QED) is 0.778. The van der Waals surface area contributed by atoms with Crippen molar-refractivity contribution in [3.8, 4) is 5.75 Å². The van der Waals surface area contributed by atoms with Gasteiger partial charge >= 0.3 is 0 Å². The van der Waals surface area contributed by atoms with Gasteiger partial charge in [-0.3, -0.25) is 4.79 Å². The van der Waals surface area contributed by atoms with Crippen molar-refractivity contribution in [1.82, 2.24) is 0 Å². The number of anilines is 2. The van der Waals surface area contributed by atoms with Crippen LogP contribution in [0.4, 0.5) is 11.4 Å². The number of nitrogens with zero attached hydrogens (tertiary/aromatic N) is 1. The Balaban J connectivity index is 2.27. The van der Waals surface area contributed by atoms with E-state index in [-0.39, 0.29) is 12.5 Å². The van der Waals surface area contributed by atoms with Gasteiger partial charge < -0.3 is 21.1 Å². The summed E-state index contributed by atoms with van der Waals surface area (Å²) in [4.78, 5) is 13.4. The van der Waals surface area contributed by atoms with Crippen molar-refractivity contribution in [2.24, 2.45) is 5.73 Å². The van der Waals surface area contributed by atoms with Gasteiger partial charge in [-0.2, -0.15) is 0 Å². The molecule has 0 radical (unpaired) electrons. The summed E-state index contributed by atoms with van der Waals surface area (Å²) >= 11 is 0. The number of hydrogen-bond donors (Lipinski definition) is 2. The first-order chi connectivity index (χ1) is 9.61. The lowest BCUT2D eigenvalue weighted by molar-refractivity contribution is -0.116.